The van der Waals surface area contributed by atoms with E-state index in [-0.39, 0.29) is 23.4 Å². The minimum atomic E-state index is -3.91. The second kappa shape index (κ2) is 11.2. The van der Waals surface area contributed by atoms with Crippen LogP contribution in [0.15, 0.2) is 41.3 Å². The molecule has 2 aromatic rings. The first kappa shape index (κ1) is 26.5. The van der Waals surface area contributed by atoms with E-state index in [2.05, 4.69) is 36.9 Å². The number of carbonyl (C=O) groups is 1. The van der Waals surface area contributed by atoms with Crippen LogP contribution in [0.4, 0.5) is 5.69 Å². The Kier molecular flexibility index (Phi) is 8.25. The molecule has 1 saturated heterocycles. The van der Waals surface area contributed by atoms with Crippen LogP contribution in [0.25, 0.3) is 0 Å². The molecule has 0 aromatic heterocycles. The molecular formula is C28H39N3O4S. The maximum atomic E-state index is 14.0. The summed E-state index contributed by atoms with van der Waals surface area (Å²) in [7, 11) is -2.43. The van der Waals surface area contributed by atoms with Crippen LogP contribution >= 0.6 is 0 Å². The molecule has 0 atom stereocenters. The van der Waals surface area contributed by atoms with Crippen molar-refractivity contribution in [3.8, 4) is 5.75 Å². The van der Waals surface area contributed by atoms with Gasteiger partial charge in [0.25, 0.3) is 0 Å². The van der Waals surface area contributed by atoms with E-state index in [9.17, 15) is 13.2 Å². The van der Waals surface area contributed by atoms with E-state index in [0.29, 0.717) is 18.8 Å². The van der Waals surface area contributed by atoms with Gasteiger partial charge in [-0.3, -0.25) is 4.79 Å². The SMILES string of the molecule is COc1ccc(C)cc1S(=O)(=O)N(CC(=O)N1CCN(c2cccc(C)c2C)CC1)C1CCCCC1. The number of ether oxygens (including phenoxy) is 1. The van der Waals surface area contributed by atoms with E-state index < -0.39 is 10.0 Å². The summed E-state index contributed by atoms with van der Waals surface area (Å²) in [6.45, 7) is 8.61. The average Bonchev–Trinajstić information content (AvgIpc) is 2.89. The first-order chi connectivity index (χ1) is 17.2. The van der Waals surface area contributed by atoms with E-state index in [1.54, 1.807) is 12.1 Å². The minimum absolute atomic E-state index is 0.128. The summed E-state index contributed by atoms with van der Waals surface area (Å²) in [5.74, 6) is 0.187. The molecule has 0 radical (unpaired) electrons. The molecular weight excluding hydrogens is 474 g/mol. The Morgan fingerprint density at radius 3 is 2.36 bits per heavy atom. The summed E-state index contributed by atoms with van der Waals surface area (Å²) >= 11 is 0. The van der Waals surface area contributed by atoms with E-state index in [1.165, 1.54) is 28.2 Å². The second-order valence-corrected chi connectivity index (χ2v) is 11.9. The molecule has 0 bridgehead atoms. The van der Waals surface area contributed by atoms with Crippen LogP contribution in [0.1, 0.15) is 48.8 Å². The molecule has 1 aliphatic heterocycles. The van der Waals surface area contributed by atoms with Gasteiger partial charge in [0.2, 0.25) is 15.9 Å². The van der Waals surface area contributed by atoms with Gasteiger partial charge in [0.15, 0.2) is 0 Å². The molecule has 1 heterocycles. The van der Waals surface area contributed by atoms with Crippen LogP contribution in [-0.4, -0.2) is 69.4 Å². The molecule has 2 aliphatic rings. The van der Waals surface area contributed by atoms with Crippen LogP contribution < -0.4 is 9.64 Å². The minimum Gasteiger partial charge on any atom is -0.495 e. The topological polar surface area (TPSA) is 70.2 Å². The van der Waals surface area contributed by atoms with Crippen LogP contribution in [0, 0.1) is 20.8 Å². The van der Waals surface area contributed by atoms with Crippen molar-refractivity contribution < 1.29 is 17.9 Å². The maximum Gasteiger partial charge on any atom is 0.247 e. The predicted molar refractivity (Wildman–Crippen MR) is 143 cm³/mol. The lowest BCUT2D eigenvalue weighted by atomic mass is 9.95. The lowest BCUT2D eigenvalue weighted by Crippen LogP contribution is -2.53. The standard InChI is InChI=1S/C28H39N3O4S/c1-21-13-14-26(35-4)27(19-21)36(33,34)31(24-10-6-5-7-11-24)20-28(32)30-17-15-29(16-18-30)25-12-8-9-22(2)23(25)3/h8-9,12-14,19,24H,5-7,10-11,15-18,20H2,1-4H3. The van der Waals surface area contributed by atoms with Crippen molar-refractivity contribution in [2.24, 2.45) is 0 Å². The Hall–Kier alpha value is -2.58. The quantitative estimate of drug-likeness (QED) is 0.552. The van der Waals surface area contributed by atoms with Crippen molar-refractivity contribution in [2.75, 3.05) is 44.7 Å². The highest BCUT2D eigenvalue weighted by Gasteiger charge is 2.37. The van der Waals surface area contributed by atoms with Gasteiger partial charge in [-0.1, -0.05) is 37.5 Å². The van der Waals surface area contributed by atoms with Crippen LogP contribution in [-0.2, 0) is 14.8 Å². The number of carbonyl (C=O) groups excluding carboxylic acids is 1. The molecule has 0 unspecified atom stereocenters. The molecule has 0 N–H and O–H groups in total. The number of hydrogen-bond donors (Lipinski definition) is 0. The number of methoxy groups -OCH3 is 1. The van der Waals surface area contributed by atoms with Gasteiger partial charge in [-0.15, -0.1) is 0 Å². The molecule has 8 heteroatoms. The third kappa shape index (κ3) is 5.54. The summed E-state index contributed by atoms with van der Waals surface area (Å²) in [6, 6.07) is 11.3. The van der Waals surface area contributed by atoms with E-state index in [1.807, 2.05) is 17.9 Å². The van der Waals surface area contributed by atoms with Crippen molar-refractivity contribution in [1.29, 1.82) is 0 Å². The van der Waals surface area contributed by atoms with E-state index in [4.69, 9.17) is 4.74 Å². The largest absolute Gasteiger partial charge is 0.495 e. The number of piperazine rings is 1. The van der Waals surface area contributed by atoms with Crippen molar-refractivity contribution in [3.63, 3.8) is 0 Å². The first-order valence-corrected chi connectivity index (χ1v) is 14.4. The van der Waals surface area contributed by atoms with Crippen LogP contribution in [0.3, 0.4) is 0 Å². The van der Waals surface area contributed by atoms with Gasteiger partial charge in [-0.2, -0.15) is 4.31 Å². The van der Waals surface area contributed by atoms with E-state index in [0.717, 1.165) is 50.8 Å². The monoisotopic (exact) mass is 513 g/mol. The number of benzene rings is 2. The summed E-state index contributed by atoms with van der Waals surface area (Å²) in [6.07, 6.45) is 4.61. The van der Waals surface area contributed by atoms with Gasteiger partial charge in [0.05, 0.1) is 13.7 Å². The lowest BCUT2D eigenvalue weighted by molar-refractivity contribution is -0.132. The molecule has 1 aliphatic carbocycles. The zero-order valence-electron chi connectivity index (χ0n) is 22.0. The van der Waals surface area contributed by atoms with Crippen molar-refractivity contribution in [2.45, 2.75) is 63.8 Å². The third-order valence-electron chi connectivity index (χ3n) is 7.73. The number of sulfonamides is 1. The molecule has 7 nitrogen and oxygen atoms in total. The number of hydrogen-bond acceptors (Lipinski definition) is 5. The smallest absolute Gasteiger partial charge is 0.247 e. The fraction of sp³-hybridized carbons (Fsp3) is 0.536. The fourth-order valence-electron chi connectivity index (χ4n) is 5.40. The second-order valence-electron chi connectivity index (χ2n) is 10.1. The van der Waals surface area contributed by atoms with Crippen molar-refractivity contribution >= 4 is 21.6 Å². The fourth-order valence-corrected chi connectivity index (χ4v) is 7.28. The van der Waals surface area contributed by atoms with Gasteiger partial charge in [-0.05, 0) is 68.5 Å². The predicted octanol–water partition coefficient (Wildman–Crippen LogP) is 4.29. The molecule has 2 fully saturated rings. The van der Waals surface area contributed by atoms with Crippen molar-refractivity contribution in [3.05, 3.63) is 53.1 Å². The zero-order valence-corrected chi connectivity index (χ0v) is 22.8. The van der Waals surface area contributed by atoms with Gasteiger partial charge in [0.1, 0.15) is 10.6 Å². The number of aryl methyl sites for hydroxylation is 2. The summed E-state index contributed by atoms with van der Waals surface area (Å²) in [5.41, 5.74) is 4.57. The van der Waals surface area contributed by atoms with E-state index >= 15 is 0 Å². The molecule has 1 saturated carbocycles. The normalized spacial score (nSPS) is 17.5. The highest BCUT2D eigenvalue weighted by atomic mass is 32.2. The highest BCUT2D eigenvalue weighted by molar-refractivity contribution is 7.89. The molecule has 1 amide bonds. The van der Waals surface area contributed by atoms with Gasteiger partial charge in [0, 0.05) is 37.9 Å². The van der Waals surface area contributed by atoms with Crippen molar-refractivity contribution in [1.82, 2.24) is 9.21 Å². The Balaban J connectivity index is 1.53. The lowest BCUT2D eigenvalue weighted by Gasteiger charge is -2.39. The Labute approximate surface area is 216 Å². The Morgan fingerprint density at radius 2 is 1.69 bits per heavy atom. The number of anilines is 1. The van der Waals surface area contributed by atoms with Crippen LogP contribution in [0.2, 0.25) is 0 Å². The summed E-state index contributed by atoms with van der Waals surface area (Å²) in [4.78, 5) is 17.8. The average molecular weight is 514 g/mol. The van der Waals surface area contributed by atoms with Gasteiger partial charge < -0.3 is 14.5 Å². The molecule has 196 valence electrons. The number of nitrogens with zero attached hydrogens (tertiary/aromatic N) is 3. The molecule has 4 rings (SSSR count). The molecule has 2 aromatic carbocycles. The Morgan fingerprint density at radius 1 is 1.00 bits per heavy atom. The molecule has 36 heavy (non-hydrogen) atoms. The Bertz CT molecular complexity index is 1180. The first-order valence-electron chi connectivity index (χ1n) is 13.0. The maximum absolute atomic E-state index is 14.0. The highest BCUT2D eigenvalue weighted by Crippen LogP contribution is 2.33. The zero-order chi connectivity index (χ0) is 25.9. The third-order valence-corrected chi connectivity index (χ3v) is 9.65. The summed E-state index contributed by atoms with van der Waals surface area (Å²) in [5, 5.41) is 0. The van der Waals surface area contributed by atoms with Gasteiger partial charge >= 0.3 is 0 Å². The number of rotatable bonds is 7. The van der Waals surface area contributed by atoms with Crippen LogP contribution in [0.5, 0.6) is 5.75 Å². The number of amides is 1. The molecule has 0 spiro atoms. The summed E-state index contributed by atoms with van der Waals surface area (Å²) < 4.78 is 34.8. The van der Waals surface area contributed by atoms with Gasteiger partial charge in [-0.25, -0.2) is 8.42 Å².